The van der Waals surface area contributed by atoms with Gasteiger partial charge in [-0.1, -0.05) is 29.3 Å². The smallest absolute Gasteiger partial charge is 0.129 e. The van der Waals surface area contributed by atoms with Crippen LogP contribution in [-0.2, 0) is 4.74 Å². The predicted octanol–water partition coefficient (Wildman–Crippen LogP) is 4.90. The highest BCUT2D eigenvalue weighted by atomic mass is 35.5. The summed E-state index contributed by atoms with van der Waals surface area (Å²) in [5.74, 6) is 1.05. The maximum atomic E-state index is 6.14. The molecule has 2 aliphatic rings. The van der Waals surface area contributed by atoms with Crippen molar-refractivity contribution in [3.8, 4) is 0 Å². The van der Waals surface area contributed by atoms with E-state index in [-0.39, 0.29) is 5.60 Å². The SMILES string of the molecule is CC1=CC2(CCN(c3cc(C)c4ccc(Cl)cc4n3)CC2)OCC1. The molecule has 1 spiro atoms. The fourth-order valence-electron chi connectivity index (χ4n) is 3.90. The number of hydrogen-bond donors (Lipinski definition) is 0. The maximum absolute atomic E-state index is 6.14. The van der Waals surface area contributed by atoms with E-state index < -0.39 is 0 Å². The largest absolute Gasteiger partial charge is 0.370 e. The van der Waals surface area contributed by atoms with Gasteiger partial charge >= 0.3 is 0 Å². The van der Waals surface area contributed by atoms with Crippen LogP contribution in [0.1, 0.15) is 31.7 Å². The fraction of sp³-hybridized carbons (Fsp3) is 0.450. The molecule has 24 heavy (non-hydrogen) atoms. The molecule has 0 bridgehead atoms. The molecule has 0 aliphatic carbocycles. The number of nitrogens with zero attached hydrogens (tertiary/aromatic N) is 2. The van der Waals surface area contributed by atoms with Crippen LogP contribution >= 0.6 is 11.6 Å². The number of aromatic nitrogens is 1. The van der Waals surface area contributed by atoms with Crippen LogP contribution < -0.4 is 4.90 Å². The van der Waals surface area contributed by atoms with E-state index >= 15 is 0 Å². The van der Waals surface area contributed by atoms with Crippen molar-refractivity contribution in [1.29, 1.82) is 0 Å². The Morgan fingerprint density at radius 2 is 1.96 bits per heavy atom. The first-order valence-electron chi connectivity index (χ1n) is 8.69. The minimum Gasteiger partial charge on any atom is -0.370 e. The zero-order valence-corrected chi connectivity index (χ0v) is 15.1. The van der Waals surface area contributed by atoms with Gasteiger partial charge in [-0.3, -0.25) is 0 Å². The molecule has 0 saturated carbocycles. The molecular weight excluding hydrogens is 320 g/mol. The van der Waals surface area contributed by atoms with E-state index in [0.29, 0.717) is 0 Å². The van der Waals surface area contributed by atoms with Gasteiger partial charge in [-0.25, -0.2) is 4.98 Å². The van der Waals surface area contributed by atoms with Gasteiger partial charge in [0, 0.05) is 23.5 Å². The second-order valence-electron chi connectivity index (χ2n) is 7.10. The normalized spacial score (nSPS) is 20.5. The molecule has 4 rings (SSSR count). The van der Waals surface area contributed by atoms with Gasteiger partial charge < -0.3 is 9.64 Å². The standard InChI is InChI=1S/C20H23ClN2O/c1-14-5-10-24-20(13-14)6-8-23(9-7-20)19-11-15(2)17-4-3-16(21)12-18(17)22-19/h3-4,11-13H,5-10H2,1-2H3. The van der Waals surface area contributed by atoms with Gasteiger partial charge in [-0.15, -0.1) is 0 Å². The number of piperidine rings is 1. The van der Waals surface area contributed by atoms with Gasteiger partial charge in [-0.05, 0) is 56.9 Å². The number of hydrogen-bond acceptors (Lipinski definition) is 3. The monoisotopic (exact) mass is 342 g/mol. The van der Waals surface area contributed by atoms with Crippen molar-refractivity contribution in [2.45, 2.75) is 38.7 Å². The number of rotatable bonds is 1. The Hall–Kier alpha value is -1.58. The van der Waals surface area contributed by atoms with Gasteiger partial charge in [0.2, 0.25) is 0 Å². The van der Waals surface area contributed by atoms with Crippen LogP contribution in [0, 0.1) is 6.92 Å². The summed E-state index contributed by atoms with van der Waals surface area (Å²) in [6.45, 7) is 7.16. The maximum Gasteiger partial charge on any atom is 0.129 e. The predicted molar refractivity (Wildman–Crippen MR) is 100.0 cm³/mol. The Balaban J connectivity index is 1.59. The summed E-state index contributed by atoms with van der Waals surface area (Å²) in [5, 5.41) is 1.91. The second kappa shape index (κ2) is 6.05. The highest BCUT2D eigenvalue weighted by Crippen LogP contribution is 2.35. The molecule has 2 aromatic rings. The van der Waals surface area contributed by atoms with Crippen molar-refractivity contribution >= 4 is 28.3 Å². The molecule has 0 amide bonds. The van der Waals surface area contributed by atoms with Gasteiger partial charge in [-0.2, -0.15) is 0 Å². The first-order chi connectivity index (χ1) is 11.5. The third-order valence-corrected chi connectivity index (χ3v) is 5.53. The zero-order valence-electron chi connectivity index (χ0n) is 14.3. The van der Waals surface area contributed by atoms with Crippen molar-refractivity contribution in [1.82, 2.24) is 4.98 Å². The van der Waals surface area contributed by atoms with E-state index in [2.05, 4.69) is 37.0 Å². The summed E-state index contributed by atoms with van der Waals surface area (Å²) in [5.41, 5.74) is 3.64. The number of benzene rings is 1. The molecule has 126 valence electrons. The summed E-state index contributed by atoms with van der Waals surface area (Å²) in [6, 6.07) is 8.13. The van der Waals surface area contributed by atoms with Crippen LogP contribution in [0.4, 0.5) is 5.82 Å². The molecule has 0 unspecified atom stereocenters. The van der Waals surface area contributed by atoms with Gasteiger partial charge in [0.05, 0.1) is 17.7 Å². The molecule has 1 aromatic carbocycles. The van der Waals surface area contributed by atoms with Crippen molar-refractivity contribution in [3.05, 3.63) is 46.5 Å². The highest BCUT2D eigenvalue weighted by Gasteiger charge is 2.35. The van der Waals surface area contributed by atoms with Crippen LogP contribution in [0.2, 0.25) is 5.02 Å². The van der Waals surface area contributed by atoms with E-state index in [9.17, 15) is 0 Å². The minimum atomic E-state index is -0.0476. The topological polar surface area (TPSA) is 25.4 Å². The van der Waals surface area contributed by atoms with Crippen LogP contribution in [0.15, 0.2) is 35.9 Å². The Morgan fingerprint density at radius 1 is 1.17 bits per heavy atom. The van der Waals surface area contributed by atoms with Crippen molar-refractivity contribution < 1.29 is 4.74 Å². The molecule has 1 saturated heterocycles. The average Bonchev–Trinajstić information content (AvgIpc) is 2.55. The summed E-state index contributed by atoms with van der Waals surface area (Å²) in [4.78, 5) is 7.23. The second-order valence-corrected chi connectivity index (χ2v) is 7.54. The summed E-state index contributed by atoms with van der Waals surface area (Å²) >= 11 is 6.14. The number of pyridine rings is 1. The number of aryl methyl sites for hydroxylation is 1. The van der Waals surface area contributed by atoms with E-state index in [4.69, 9.17) is 21.3 Å². The molecule has 0 radical (unpaired) electrons. The molecule has 3 heterocycles. The minimum absolute atomic E-state index is 0.0476. The molecule has 2 aliphatic heterocycles. The summed E-state index contributed by atoms with van der Waals surface area (Å²) in [6.07, 6.45) is 5.47. The Bertz CT molecular complexity index is 807. The first kappa shape index (κ1) is 15.9. The van der Waals surface area contributed by atoms with Gasteiger partial charge in [0.25, 0.3) is 0 Å². The van der Waals surface area contributed by atoms with Gasteiger partial charge in [0.15, 0.2) is 0 Å². The Morgan fingerprint density at radius 3 is 2.71 bits per heavy atom. The number of ether oxygens (including phenoxy) is 1. The quantitative estimate of drug-likeness (QED) is 0.689. The molecule has 0 atom stereocenters. The number of anilines is 1. The lowest BCUT2D eigenvalue weighted by Crippen LogP contribution is -2.46. The van der Waals surface area contributed by atoms with Gasteiger partial charge in [0.1, 0.15) is 5.82 Å². The molecule has 1 fully saturated rings. The van der Waals surface area contributed by atoms with Crippen LogP contribution in [0.3, 0.4) is 0 Å². The number of fused-ring (bicyclic) bond motifs is 1. The lowest BCUT2D eigenvalue weighted by atomic mass is 9.87. The highest BCUT2D eigenvalue weighted by molar-refractivity contribution is 6.31. The lowest BCUT2D eigenvalue weighted by molar-refractivity contribution is -0.0326. The third-order valence-electron chi connectivity index (χ3n) is 5.29. The fourth-order valence-corrected chi connectivity index (χ4v) is 4.07. The lowest BCUT2D eigenvalue weighted by Gasteiger charge is -2.42. The average molecular weight is 343 g/mol. The van der Waals surface area contributed by atoms with Crippen molar-refractivity contribution in [3.63, 3.8) is 0 Å². The molecule has 4 heteroatoms. The molecule has 0 N–H and O–H groups in total. The van der Waals surface area contributed by atoms with E-state index in [1.807, 2.05) is 12.1 Å². The van der Waals surface area contributed by atoms with Crippen molar-refractivity contribution in [2.75, 3.05) is 24.6 Å². The Kier molecular flexibility index (Phi) is 4.01. The van der Waals surface area contributed by atoms with Crippen LogP contribution in [-0.4, -0.2) is 30.3 Å². The molecule has 3 nitrogen and oxygen atoms in total. The zero-order chi connectivity index (χ0) is 16.7. The van der Waals surface area contributed by atoms with Crippen LogP contribution in [0.25, 0.3) is 10.9 Å². The first-order valence-corrected chi connectivity index (χ1v) is 9.07. The summed E-state index contributed by atoms with van der Waals surface area (Å²) < 4.78 is 6.13. The summed E-state index contributed by atoms with van der Waals surface area (Å²) in [7, 11) is 0. The molecule has 1 aromatic heterocycles. The Labute approximate surface area is 148 Å². The van der Waals surface area contributed by atoms with E-state index in [1.165, 1.54) is 16.5 Å². The third kappa shape index (κ3) is 2.91. The van der Waals surface area contributed by atoms with Crippen LogP contribution in [0.5, 0.6) is 0 Å². The van der Waals surface area contributed by atoms with Crippen molar-refractivity contribution in [2.24, 2.45) is 0 Å². The molecular formula is C20H23ClN2O. The van der Waals surface area contributed by atoms with E-state index in [1.54, 1.807) is 0 Å². The number of halogens is 1. The van der Waals surface area contributed by atoms with E-state index in [0.717, 1.165) is 55.3 Å².